The molecule has 1 saturated heterocycles. The molecule has 1 aliphatic heterocycles. The largest absolute Gasteiger partial charge is 0.358 e. The van der Waals surface area contributed by atoms with Crippen molar-refractivity contribution in [2.75, 3.05) is 5.32 Å². The molecule has 1 N–H and O–H groups in total. The van der Waals surface area contributed by atoms with E-state index in [1.165, 1.54) is 0 Å². The van der Waals surface area contributed by atoms with Crippen LogP contribution in [-0.4, -0.2) is 12.3 Å². The smallest absolute Gasteiger partial charge is 0.165 e. The van der Waals surface area contributed by atoms with Crippen molar-refractivity contribution in [2.24, 2.45) is 0 Å². The van der Waals surface area contributed by atoms with Gasteiger partial charge < -0.3 is 5.32 Å². The van der Waals surface area contributed by atoms with Gasteiger partial charge in [0.25, 0.3) is 0 Å². The number of hydrogen-bond acceptors (Lipinski definition) is 3. The first kappa shape index (κ1) is 8.53. The fourth-order valence-corrected chi connectivity index (χ4v) is 1.35. The zero-order valence-corrected chi connectivity index (χ0v) is 7.57. The summed E-state index contributed by atoms with van der Waals surface area (Å²) >= 11 is 0. The summed E-state index contributed by atoms with van der Waals surface area (Å²) in [6.45, 7) is 1.99. The van der Waals surface area contributed by atoms with Gasteiger partial charge >= 0.3 is 0 Å². The van der Waals surface area contributed by atoms with Crippen molar-refractivity contribution in [3.05, 3.63) is 30.3 Å². The van der Waals surface area contributed by atoms with Crippen molar-refractivity contribution in [3.8, 4) is 0 Å². The summed E-state index contributed by atoms with van der Waals surface area (Å²) in [5.41, 5.74) is 1.06. The van der Waals surface area contributed by atoms with Gasteiger partial charge in [0.15, 0.2) is 6.23 Å². The van der Waals surface area contributed by atoms with Gasteiger partial charge in [0, 0.05) is 12.1 Å². The van der Waals surface area contributed by atoms with Crippen molar-refractivity contribution in [1.29, 1.82) is 0 Å². The number of hydrogen-bond donors (Lipinski definition) is 1. The highest BCUT2D eigenvalue weighted by atomic mass is 17.2. The summed E-state index contributed by atoms with van der Waals surface area (Å²) in [6, 6.07) is 9.97. The standard InChI is InChI=1S/C10H13NO2/c1-8-7-10(13-12-8)11-9-5-3-2-4-6-9/h2-6,8,10-11H,7H2,1H3/t8?,10-/m0/s1. The monoisotopic (exact) mass is 179 g/mol. The van der Waals surface area contributed by atoms with Crippen molar-refractivity contribution in [2.45, 2.75) is 25.7 Å². The molecule has 0 radical (unpaired) electrons. The molecule has 13 heavy (non-hydrogen) atoms. The van der Waals surface area contributed by atoms with Crippen LogP contribution in [0.25, 0.3) is 0 Å². The lowest BCUT2D eigenvalue weighted by molar-refractivity contribution is -0.288. The topological polar surface area (TPSA) is 30.5 Å². The minimum atomic E-state index is -0.0163. The first-order valence-corrected chi connectivity index (χ1v) is 4.48. The summed E-state index contributed by atoms with van der Waals surface area (Å²) in [5, 5.41) is 3.22. The van der Waals surface area contributed by atoms with E-state index in [-0.39, 0.29) is 12.3 Å². The zero-order chi connectivity index (χ0) is 9.10. The van der Waals surface area contributed by atoms with Crippen LogP contribution in [0, 0.1) is 0 Å². The molecule has 3 nitrogen and oxygen atoms in total. The Morgan fingerprint density at radius 3 is 2.62 bits per heavy atom. The minimum absolute atomic E-state index is 0.0163. The van der Waals surface area contributed by atoms with E-state index in [4.69, 9.17) is 9.78 Å². The van der Waals surface area contributed by atoms with E-state index in [1.807, 2.05) is 37.3 Å². The number of rotatable bonds is 2. The normalized spacial score (nSPS) is 27.5. The van der Waals surface area contributed by atoms with Crippen molar-refractivity contribution >= 4 is 5.69 Å². The molecule has 0 bridgehead atoms. The Labute approximate surface area is 77.6 Å². The Morgan fingerprint density at radius 2 is 2.00 bits per heavy atom. The third-order valence-corrected chi connectivity index (χ3v) is 1.98. The molecule has 0 saturated carbocycles. The van der Waals surface area contributed by atoms with E-state index >= 15 is 0 Å². The maximum Gasteiger partial charge on any atom is 0.165 e. The van der Waals surface area contributed by atoms with Gasteiger partial charge in [-0.2, -0.15) is 0 Å². The minimum Gasteiger partial charge on any atom is -0.358 e. The number of anilines is 1. The highest BCUT2D eigenvalue weighted by molar-refractivity contribution is 5.42. The lowest BCUT2D eigenvalue weighted by atomic mass is 10.2. The van der Waals surface area contributed by atoms with Crippen LogP contribution in [0.2, 0.25) is 0 Å². The summed E-state index contributed by atoms with van der Waals surface area (Å²) in [6.07, 6.45) is 1.05. The number of benzene rings is 1. The molecule has 3 heteroatoms. The lowest BCUT2D eigenvalue weighted by Crippen LogP contribution is -2.17. The summed E-state index contributed by atoms with van der Waals surface area (Å²) in [7, 11) is 0. The van der Waals surface area contributed by atoms with E-state index in [9.17, 15) is 0 Å². The molecular weight excluding hydrogens is 166 g/mol. The van der Waals surface area contributed by atoms with Gasteiger partial charge in [-0.25, -0.2) is 9.78 Å². The molecule has 1 fully saturated rings. The van der Waals surface area contributed by atoms with Crippen molar-refractivity contribution in [1.82, 2.24) is 0 Å². The quantitative estimate of drug-likeness (QED) is 0.706. The van der Waals surface area contributed by atoms with E-state index < -0.39 is 0 Å². The second-order valence-electron chi connectivity index (χ2n) is 3.24. The molecule has 1 heterocycles. The molecule has 1 aromatic rings. The highest BCUT2D eigenvalue weighted by Crippen LogP contribution is 2.18. The van der Waals surface area contributed by atoms with Crippen LogP contribution in [0.1, 0.15) is 13.3 Å². The maximum atomic E-state index is 5.06. The van der Waals surface area contributed by atoms with Gasteiger partial charge in [0.1, 0.15) is 0 Å². The van der Waals surface area contributed by atoms with Crippen LogP contribution in [-0.2, 0) is 9.78 Å². The summed E-state index contributed by atoms with van der Waals surface area (Å²) < 4.78 is 0. The lowest BCUT2D eigenvalue weighted by Gasteiger charge is -2.10. The van der Waals surface area contributed by atoms with E-state index in [2.05, 4.69) is 5.32 Å². The number of para-hydroxylation sites is 1. The average Bonchev–Trinajstić information content (AvgIpc) is 2.53. The molecule has 70 valence electrons. The third-order valence-electron chi connectivity index (χ3n) is 1.98. The average molecular weight is 179 g/mol. The first-order valence-electron chi connectivity index (χ1n) is 4.48. The Morgan fingerprint density at radius 1 is 1.23 bits per heavy atom. The van der Waals surface area contributed by atoms with Gasteiger partial charge in [-0.15, -0.1) is 0 Å². The SMILES string of the molecule is CC1C[C@@H](Nc2ccccc2)OO1. The van der Waals surface area contributed by atoms with E-state index in [0.717, 1.165) is 12.1 Å². The first-order chi connectivity index (χ1) is 6.34. The fourth-order valence-electron chi connectivity index (χ4n) is 1.35. The molecule has 2 rings (SSSR count). The molecule has 0 aromatic heterocycles. The molecule has 1 aliphatic rings. The predicted molar refractivity (Wildman–Crippen MR) is 50.1 cm³/mol. The van der Waals surface area contributed by atoms with E-state index in [1.54, 1.807) is 0 Å². The Hall–Kier alpha value is -1.06. The molecule has 0 amide bonds. The van der Waals surface area contributed by atoms with Gasteiger partial charge in [-0.05, 0) is 19.1 Å². The summed E-state index contributed by atoms with van der Waals surface area (Å²) in [5.74, 6) is 0. The second kappa shape index (κ2) is 3.77. The van der Waals surface area contributed by atoms with Crippen molar-refractivity contribution in [3.63, 3.8) is 0 Å². The highest BCUT2D eigenvalue weighted by Gasteiger charge is 2.23. The second-order valence-corrected chi connectivity index (χ2v) is 3.24. The molecule has 1 aromatic carbocycles. The predicted octanol–water partition coefficient (Wildman–Crippen LogP) is 2.17. The van der Waals surface area contributed by atoms with Gasteiger partial charge in [-0.3, -0.25) is 0 Å². The van der Waals surface area contributed by atoms with Crippen molar-refractivity contribution < 1.29 is 9.78 Å². The maximum absolute atomic E-state index is 5.06. The Kier molecular flexibility index (Phi) is 2.47. The molecule has 0 aliphatic carbocycles. The van der Waals surface area contributed by atoms with Crippen LogP contribution in [0.3, 0.4) is 0 Å². The Bertz CT molecular complexity index is 263. The van der Waals surface area contributed by atoms with Crippen LogP contribution >= 0.6 is 0 Å². The van der Waals surface area contributed by atoms with Crippen LogP contribution in [0.15, 0.2) is 30.3 Å². The van der Waals surface area contributed by atoms with Crippen LogP contribution in [0.5, 0.6) is 0 Å². The fraction of sp³-hybridized carbons (Fsp3) is 0.400. The molecular formula is C10H13NO2. The van der Waals surface area contributed by atoms with Gasteiger partial charge in [-0.1, -0.05) is 18.2 Å². The van der Waals surface area contributed by atoms with E-state index in [0.29, 0.717) is 0 Å². The summed E-state index contributed by atoms with van der Waals surface area (Å²) in [4.78, 5) is 10.0. The molecule has 2 atom stereocenters. The third kappa shape index (κ3) is 2.20. The van der Waals surface area contributed by atoms with Crippen LogP contribution in [0.4, 0.5) is 5.69 Å². The van der Waals surface area contributed by atoms with Gasteiger partial charge in [0.05, 0.1) is 6.10 Å². The zero-order valence-electron chi connectivity index (χ0n) is 7.57. The van der Waals surface area contributed by atoms with Crippen LogP contribution < -0.4 is 5.32 Å². The molecule has 1 unspecified atom stereocenters. The number of nitrogens with one attached hydrogen (secondary N) is 1. The van der Waals surface area contributed by atoms with Gasteiger partial charge in [0.2, 0.25) is 0 Å². The Balaban J connectivity index is 1.92. The molecule has 0 spiro atoms.